The third-order valence-corrected chi connectivity index (χ3v) is 5.61. The number of fused-ring (bicyclic) bond motifs is 1. The summed E-state index contributed by atoms with van der Waals surface area (Å²) in [7, 11) is 1.58. The minimum absolute atomic E-state index is 0.0399. The van der Waals surface area contributed by atoms with Crippen molar-refractivity contribution in [3.63, 3.8) is 0 Å². The number of benzene rings is 2. The van der Waals surface area contributed by atoms with Crippen molar-refractivity contribution < 1.29 is 33.3 Å². The Labute approximate surface area is 191 Å². The molecule has 0 radical (unpaired) electrons. The zero-order valence-corrected chi connectivity index (χ0v) is 18.3. The number of nitrogens with one attached hydrogen (secondary N) is 2. The van der Waals surface area contributed by atoms with Crippen LogP contribution in [-0.4, -0.2) is 48.7 Å². The van der Waals surface area contributed by atoms with Crippen LogP contribution in [0.4, 0.5) is 13.6 Å². The van der Waals surface area contributed by atoms with E-state index in [1.54, 1.807) is 13.2 Å². The largest absolute Gasteiger partial charge is 0.497 e. The van der Waals surface area contributed by atoms with Crippen LogP contribution < -0.4 is 15.4 Å². The Bertz CT molecular complexity index is 967. The van der Waals surface area contributed by atoms with Crippen molar-refractivity contribution in [2.45, 2.75) is 37.1 Å². The van der Waals surface area contributed by atoms with Gasteiger partial charge in [0.15, 0.2) is 0 Å². The minimum Gasteiger partial charge on any atom is -0.497 e. The fourth-order valence-electron chi connectivity index (χ4n) is 4.11. The maximum atomic E-state index is 13.5. The summed E-state index contributed by atoms with van der Waals surface area (Å²) in [5.74, 6) is -0.855. The fourth-order valence-corrected chi connectivity index (χ4v) is 4.11. The molecule has 1 amide bonds. The number of aliphatic hydroxyl groups is 1. The molecule has 2 aromatic rings. The lowest BCUT2D eigenvalue weighted by molar-refractivity contribution is 0.0672. The van der Waals surface area contributed by atoms with E-state index in [0.717, 1.165) is 29.3 Å². The van der Waals surface area contributed by atoms with Crippen LogP contribution in [0.2, 0.25) is 0 Å². The summed E-state index contributed by atoms with van der Waals surface area (Å²) < 4.78 is 38.3. The minimum atomic E-state index is -1.34. The highest BCUT2D eigenvalue weighted by Crippen LogP contribution is 2.42. The third kappa shape index (κ3) is 6.50. The molecule has 0 saturated heterocycles. The molecule has 9 heteroatoms. The summed E-state index contributed by atoms with van der Waals surface area (Å²) in [6.45, 7) is 4.11. The molecule has 0 bridgehead atoms. The smallest absolute Gasteiger partial charge is 0.404 e. The third-order valence-electron chi connectivity index (χ3n) is 5.61. The average Bonchev–Trinajstić information content (AvgIpc) is 3.11. The summed E-state index contributed by atoms with van der Waals surface area (Å²) in [6, 6.07) is 7.50. The van der Waals surface area contributed by atoms with E-state index >= 15 is 0 Å². The van der Waals surface area contributed by atoms with Crippen LogP contribution >= 0.6 is 0 Å². The summed E-state index contributed by atoms with van der Waals surface area (Å²) in [6.07, 6.45) is -0.467. The van der Waals surface area contributed by atoms with Crippen molar-refractivity contribution in [1.82, 2.24) is 10.6 Å². The van der Waals surface area contributed by atoms with E-state index in [9.17, 15) is 23.8 Å². The molecule has 4 N–H and O–H groups in total. The summed E-state index contributed by atoms with van der Waals surface area (Å²) >= 11 is 0. The van der Waals surface area contributed by atoms with Gasteiger partial charge in [-0.15, -0.1) is 6.58 Å². The van der Waals surface area contributed by atoms with Crippen LogP contribution in [0, 0.1) is 11.6 Å². The second-order valence-corrected chi connectivity index (χ2v) is 7.91. The monoisotopic (exact) mass is 462 g/mol. The van der Waals surface area contributed by atoms with Gasteiger partial charge in [0.25, 0.3) is 0 Å². The molecule has 4 atom stereocenters. The number of halogens is 2. The molecule has 1 aliphatic carbocycles. The lowest BCUT2D eigenvalue weighted by Crippen LogP contribution is -2.48. The van der Waals surface area contributed by atoms with Crippen LogP contribution in [0.3, 0.4) is 0 Å². The van der Waals surface area contributed by atoms with Crippen LogP contribution in [0.15, 0.2) is 49.1 Å². The van der Waals surface area contributed by atoms with E-state index in [-0.39, 0.29) is 30.7 Å². The summed E-state index contributed by atoms with van der Waals surface area (Å²) in [5.41, 5.74) is 2.20. The number of carboxylic acid groups (broad SMARTS) is 1. The molecule has 1 aliphatic rings. The topological polar surface area (TPSA) is 100 Å². The van der Waals surface area contributed by atoms with Gasteiger partial charge in [-0.25, -0.2) is 13.6 Å². The first-order valence-electron chi connectivity index (χ1n) is 10.6. The van der Waals surface area contributed by atoms with Gasteiger partial charge in [0.1, 0.15) is 17.4 Å². The number of hydrogen-bond donors (Lipinski definition) is 4. The van der Waals surface area contributed by atoms with Gasteiger partial charge in [-0.3, -0.25) is 0 Å². The number of rotatable bonds is 11. The summed E-state index contributed by atoms with van der Waals surface area (Å²) in [5, 5.41) is 25.4. The highest BCUT2D eigenvalue weighted by atomic mass is 19.1. The summed E-state index contributed by atoms with van der Waals surface area (Å²) in [4.78, 5) is 11.2. The Morgan fingerprint density at radius 2 is 1.97 bits per heavy atom. The van der Waals surface area contributed by atoms with Crippen molar-refractivity contribution in [3.8, 4) is 5.75 Å². The molecule has 0 saturated carbocycles. The van der Waals surface area contributed by atoms with E-state index in [1.807, 2.05) is 18.2 Å². The van der Waals surface area contributed by atoms with Crippen molar-refractivity contribution >= 4 is 6.09 Å². The highest BCUT2D eigenvalue weighted by molar-refractivity contribution is 5.65. The van der Waals surface area contributed by atoms with E-state index < -0.39 is 29.9 Å². The van der Waals surface area contributed by atoms with E-state index in [2.05, 4.69) is 17.2 Å². The SMILES string of the molecule is C=CCO[C@H]1C[C@H](NC[C@H](O)[C@H](Cc2cc(F)cc(F)c2)NC(=O)O)c2cc(OC)ccc21. The van der Waals surface area contributed by atoms with Crippen LogP contribution in [0.1, 0.15) is 35.3 Å². The molecule has 0 unspecified atom stereocenters. The van der Waals surface area contributed by atoms with Gasteiger partial charge in [-0.2, -0.15) is 0 Å². The molecule has 0 fully saturated rings. The molecule has 0 heterocycles. The highest BCUT2D eigenvalue weighted by Gasteiger charge is 2.33. The van der Waals surface area contributed by atoms with Crippen LogP contribution in [0.25, 0.3) is 0 Å². The average molecular weight is 462 g/mol. The number of carbonyl (C=O) groups is 1. The van der Waals surface area contributed by atoms with E-state index in [0.29, 0.717) is 18.8 Å². The van der Waals surface area contributed by atoms with Gasteiger partial charge < -0.3 is 30.3 Å². The first kappa shape index (κ1) is 24.6. The second kappa shape index (κ2) is 11.2. The zero-order valence-electron chi connectivity index (χ0n) is 18.3. The van der Waals surface area contributed by atoms with Crippen molar-refractivity contribution in [3.05, 3.63) is 77.4 Å². The van der Waals surface area contributed by atoms with Gasteiger partial charge in [-0.1, -0.05) is 12.1 Å². The molecule has 178 valence electrons. The fraction of sp³-hybridized carbons (Fsp3) is 0.375. The standard InChI is InChI=1S/C24H28F2N2O5/c1-3-6-33-23-12-20(19-11-17(32-2)4-5-18(19)23)27-13-22(29)21(28-24(30)31)9-14-7-15(25)10-16(26)8-14/h3-5,7-8,10-11,20-23,27-29H,1,6,9,12-13H2,2H3,(H,30,31)/t20-,21-,22-,23-/m0/s1. The lowest BCUT2D eigenvalue weighted by Gasteiger charge is -2.25. The first-order chi connectivity index (χ1) is 15.8. The maximum Gasteiger partial charge on any atom is 0.404 e. The quantitative estimate of drug-likeness (QED) is 0.382. The molecule has 2 aromatic carbocycles. The Hall–Kier alpha value is -3.01. The zero-order chi connectivity index (χ0) is 24.0. The molecule has 0 spiro atoms. The molecule has 0 aromatic heterocycles. The predicted octanol–water partition coefficient (Wildman–Crippen LogP) is 3.49. The van der Waals surface area contributed by atoms with Gasteiger partial charge in [0.05, 0.1) is 32.0 Å². The van der Waals surface area contributed by atoms with E-state index in [1.165, 1.54) is 0 Å². The second-order valence-electron chi connectivity index (χ2n) is 7.91. The maximum absolute atomic E-state index is 13.5. The molecule has 3 rings (SSSR count). The number of amides is 1. The molecular formula is C24H28F2N2O5. The number of ether oxygens (including phenoxy) is 2. The molecule has 33 heavy (non-hydrogen) atoms. The Morgan fingerprint density at radius 3 is 2.61 bits per heavy atom. The number of methoxy groups -OCH3 is 1. The van der Waals surface area contributed by atoms with Crippen molar-refractivity contribution in [2.75, 3.05) is 20.3 Å². The number of aliphatic hydroxyl groups excluding tert-OH is 1. The molecule has 0 aliphatic heterocycles. The van der Waals surface area contributed by atoms with E-state index in [4.69, 9.17) is 9.47 Å². The van der Waals surface area contributed by atoms with Gasteiger partial charge in [-0.05, 0) is 53.8 Å². The lowest BCUT2D eigenvalue weighted by atomic mass is 10.00. The first-order valence-corrected chi connectivity index (χ1v) is 10.6. The normalized spacial score (nSPS) is 18.9. The number of hydrogen-bond acceptors (Lipinski definition) is 5. The van der Waals surface area contributed by atoms with Crippen molar-refractivity contribution in [1.29, 1.82) is 0 Å². The van der Waals surface area contributed by atoms with Gasteiger partial charge in [0.2, 0.25) is 0 Å². The predicted molar refractivity (Wildman–Crippen MR) is 118 cm³/mol. The van der Waals surface area contributed by atoms with Gasteiger partial charge >= 0.3 is 6.09 Å². The van der Waals surface area contributed by atoms with Gasteiger partial charge in [0, 0.05) is 18.7 Å². The Kier molecular flexibility index (Phi) is 8.37. The van der Waals surface area contributed by atoms with Crippen LogP contribution in [0.5, 0.6) is 5.75 Å². The Balaban J connectivity index is 1.72. The molecular weight excluding hydrogens is 434 g/mol. The Morgan fingerprint density at radius 1 is 1.24 bits per heavy atom. The van der Waals surface area contributed by atoms with Crippen molar-refractivity contribution in [2.24, 2.45) is 0 Å². The molecule has 7 nitrogen and oxygen atoms in total. The van der Waals surface area contributed by atoms with Crippen LogP contribution in [-0.2, 0) is 11.2 Å².